The van der Waals surface area contributed by atoms with Gasteiger partial charge in [0.05, 0.1) is 11.1 Å². The Kier molecular flexibility index (Phi) is 6.06. The number of urea groups is 1. The van der Waals surface area contributed by atoms with Crippen LogP contribution in [0.1, 0.15) is 23.6 Å². The lowest BCUT2D eigenvalue weighted by Crippen LogP contribution is -2.55. The summed E-state index contributed by atoms with van der Waals surface area (Å²) in [5.41, 5.74) is -1.46. The van der Waals surface area contributed by atoms with E-state index in [2.05, 4.69) is 10.3 Å². The van der Waals surface area contributed by atoms with E-state index in [1.165, 1.54) is 35.1 Å². The molecule has 3 rings (SSSR count). The lowest BCUT2D eigenvalue weighted by atomic mass is 10.1. The first-order valence-electron chi connectivity index (χ1n) is 9.40. The highest BCUT2D eigenvalue weighted by molar-refractivity contribution is 5.90. The SMILES string of the molecule is Cc1cc(NC(=O)N2CCN(c3ncccc3C(F)(F)F)C[C@H]2C)ccc1C(F)(F)F. The number of anilines is 2. The van der Waals surface area contributed by atoms with Crippen molar-refractivity contribution in [3.63, 3.8) is 0 Å². The number of alkyl halides is 6. The predicted molar refractivity (Wildman–Crippen MR) is 103 cm³/mol. The van der Waals surface area contributed by atoms with Crippen LogP contribution in [0.2, 0.25) is 0 Å². The summed E-state index contributed by atoms with van der Waals surface area (Å²) in [5.74, 6) is -0.194. The highest BCUT2D eigenvalue weighted by Gasteiger charge is 2.38. The van der Waals surface area contributed by atoms with Crippen molar-refractivity contribution in [3.8, 4) is 0 Å². The number of hydrogen-bond donors (Lipinski definition) is 1. The molecule has 1 atom stereocenters. The van der Waals surface area contributed by atoms with Crippen LogP contribution in [0.5, 0.6) is 0 Å². The van der Waals surface area contributed by atoms with E-state index < -0.39 is 35.6 Å². The van der Waals surface area contributed by atoms with Crippen molar-refractivity contribution >= 4 is 17.5 Å². The summed E-state index contributed by atoms with van der Waals surface area (Å²) < 4.78 is 78.5. The van der Waals surface area contributed by atoms with Crippen LogP contribution in [0.25, 0.3) is 0 Å². The Labute approximate surface area is 174 Å². The van der Waals surface area contributed by atoms with E-state index in [0.717, 1.165) is 18.2 Å². The minimum absolute atomic E-state index is 0.0296. The topological polar surface area (TPSA) is 48.5 Å². The van der Waals surface area contributed by atoms with Crippen molar-refractivity contribution in [1.29, 1.82) is 0 Å². The molecule has 2 aromatic rings. The summed E-state index contributed by atoms with van der Waals surface area (Å²) >= 11 is 0. The van der Waals surface area contributed by atoms with Gasteiger partial charge in [0.1, 0.15) is 5.82 Å². The van der Waals surface area contributed by atoms with E-state index in [9.17, 15) is 31.1 Å². The monoisotopic (exact) mass is 446 g/mol. The second kappa shape index (κ2) is 8.27. The van der Waals surface area contributed by atoms with Crippen LogP contribution >= 0.6 is 0 Å². The largest absolute Gasteiger partial charge is 0.419 e. The maximum absolute atomic E-state index is 13.3. The Morgan fingerprint density at radius 3 is 2.32 bits per heavy atom. The van der Waals surface area contributed by atoms with Gasteiger partial charge < -0.3 is 15.1 Å². The van der Waals surface area contributed by atoms with Crippen LogP contribution in [0, 0.1) is 6.92 Å². The molecule has 0 bridgehead atoms. The first-order chi connectivity index (χ1) is 14.4. The molecule has 1 aliphatic rings. The van der Waals surface area contributed by atoms with Gasteiger partial charge in [-0.2, -0.15) is 26.3 Å². The standard InChI is InChI=1S/C20H20F6N4O/c1-12-10-14(5-6-15(12)19(21,22)23)28-18(31)30-9-8-29(11-13(30)2)17-16(20(24,25)26)4-3-7-27-17/h3-7,10,13H,8-9,11H2,1-2H3,(H,28,31)/t13-/m1/s1. The number of carbonyl (C=O) groups excluding carboxylic acids is 1. The number of piperazine rings is 1. The van der Waals surface area contributed by atoms with E-state index in [4.69, 9.17) is 0 Å². The average molecular weight is 446 g/mol. The van der Waals surface area contributed by atoms with Gasteiger partial charge >= 0.3 is 18.4 Å². The minimum Gasteiger partial charge on any atom is -0.352 e. The van der Waals surface area contributed by atoms with Crippen molar-refractivity contribution in [1.82, 2.24) is 9.88 Å². The molecule has 2 heterocycles. The van der Waals surface area contributed by atoms with Crippen LogP contribution in [0.15, 0.2) is 36.5 Å². The smallest absolute Gasteiger partial charge is 0.352 e. The predicted octanol–water partition coefficient (Wildman–Crippen LogP) is 5.17. The van der Waals surface area contributed by atoms with Crippen LogP contribution in [0.4, 0.5) is 42.6 Å². The fourth-order valence-electron chi connectivity index (χ4n) is 3.58. The molecule has 168 valence electrons. The van der Waals surface area contributed by atoms with Gasteiger partial charge in [0.25, 0.3) is 0 Å². The molecule has 0 radical (unpaired) electrons. The number of carbonyl (C=O) groups is 1. The molecule has 0 aliphatic carbocycles. The van der Waals surface area contributed by atoms with Gasteiger partial charge in [-0.1, -0.05) is 0 Å². The fourth-order valence-corrected chi connectivity index (χ4v) is 3.58. The highest BCUT2D eigenvalue weighted by Crippen LogP contribution is 2.36. The first-order valence-corrected chi connectivity index (χ1v) is 9.40. The number of hydrogen-bond acceptors (Lipinski definition) is 3. The van der Waals surface area contributed by atoms with Gasteiger partial charge in [-0.15, -0.1) is 0 Å². The third-order valence-electron chi connectivity index (χ3n) is 5.06. The molecular formula is C20H20F6N4O. The van der Waals surface area contributed by atoms with Gasteiger partial charge in [0.15, 0.2) is 0 Å². The van der Waals surface area contributed by atoms with E-state index in [-0.39, 0.29) is 36.7 Å². The molecule has 1 saturated heterocycles. The summed E-state index contributed by atoms with van der Waals surface area (Å²) in [6.07, 6.45) is -7.76. The number of rotatable bonds is 2. The van der Waals surface area contributed by atoms with Crippen LogP contribution in [-0.2, 0) is 12.4 Å². The number of nitrogens with zero attached hydrogens (tertiary/aromatic N) is 3. The summed E-state index contributed by atoms with van der Waals surface area (Å²) in [7, 11) is 0. The third-order valence-corrected chi connectivity index (χ3v) is 5.06. The number of aryl methyl sites for hydroxylation is 1. The number of halogens is 6. The highest BCUT2D eigenvalue weighted by atomic mass is 19.4. The van der Waals surface area contributed by atoms with Crippen LogP contribution in [0.3, 0.4) is 0 Å². The van der Waals surface area contributed by atoms with E-state index in [1.54, 1.807) is 6.92 Å². The second-order valence-corrected chi connectivity index (χ2v) is 7.32. The van der Waals surface area contributed by atoms with Gasteiger partial charge in [0, 0.05) is 37.6 Å². The molecule has 1 aliphatic heterocycles. The van der Waals surface area contributed by atoms with Gasteiger partial charge in [-0.25, -0.2) is 9.78 Å². The zero-order chi connectivity index (χ0) is 23.0. The summed E-state index contributed by atoms with van der Waals surface area (Å²) in [6, 6.07) is 4.47. The maximum atomic E-state index is 13.3. The molecule has 0 saturated carbocycles. The van der Waals surface area contributed by atoms with Crippen LogP contribution < -0.4 is 10.2 Å². The zero-order valence-corrected chi connectivity index (χ0v) is 16.7. The average Bonchev–Trinajstić information content (AvgIpc) is 2.66. The Morgan fingerprint density at radius 1 is 1.06 bits per heavy atom. The molecule has 1 fully saturated rings. The number of amides is 2. The fraction of sp³-hybridized carbons (Fsp3) is 0.400. The third kappa shape index (κ3) is 5.02. The van der Waals surface area contributed by atoms with Crippen molar-refractivity contribution in [2.45, 2.75) is 32.2 Å². The Morgan fingerprint density at radius 2 is 1.74 bits per heavy atom. The number of nitrogens with one attached hydrogen (secondary N) is 1. The molecular weight excluding hydrogens is 426 g/mol. The summed E-state index contributed by atoms with van der Waals surface area (Å²) in [4.78, 5) is 19.4. The molecule has 31 heavy (non-hydrogen) atoms. The first kappa shape index (κ1) is 22.7. The lowest BCUT2D eigenvalue weighted by molar-refractivity contribution is -0.138. The van der Waals surface area contributed by atoms with E-state index in [1.807, 2.05) is 0 Å². The number of aromatic nitrogens is 1. The zero-order valence-electron chi connectivity index (χ0n) is 16.7. The lowest BCUT2D eigenvalue weighted by Gasteiger charge is -2.40. The normalized spacial score (nSPS) is 17.6. The Hall–Kier alpha value is -2.98. The summed E-state index contributed by atoms with van der Waals surface area (Å²) in [6.45, 7) is 3.36. The molecule has 0 unspecified atom stereocenters. The molecule has 2 amide bonds. The van der Waals surface area contributed by atoms with Crippen molar-refractivity contribution < 1.29 is 31.1 Å². The molecule has 11 heteroatoms. The van der Waals surface area contributed by atoms with E-state index in [0.29, 0.717) is 0 Å². The Balaban J connectivity index is 1.70. The van der Waals surface area contributed by atoms with Crippen molar-refractivity contribution in [2.75, 3.05) is 29.9 Å². The van der Waals surface area contributed by atoms with Crippen LogP contribution in [-0.4, -0.2) is 41.6 Å². The molecule has 1 N–H and O–H groups in total. The van der Waals surface area contributed by atoms with Crippen molar-refractivity contribution in [2.24, 2.45) is 0 Å². The maximum Gasteiger partial charge on any atom is 0.419 e. The molecule has 1 aromatic carbocycles. The quantitative estimate of drug-likeness (QED) is 0.648. The van der Waals surface area contributed by atoms with Gasteiger partial charge in [0.2, 0.25) is 0 Å². The molecule has 1 aromatic heterocycles. The van der Waals surface area contributed by atoms with E-state index >= 15 is 0 Å². The summed E-state index contributed by atoms with van der Waals surface area (Å²) in [5, 5.41) is 2.56. The molecule has 5 nitrogen and oxygen atoms in total. The Bertz CT molecular complexity index is 959. The molecule has 0 spiro atoms. The number of pyridine rings is 1. The van der Waals surface area contributed by atoms with Crippen molar-refractivity contribution in [3.05, 3.63) is 53.2 Å². The van der Waals surface area contributed by atoms with Gasteiger partial charge in [-0.3, -0.25) is 0 Å². The van der Waals surface area contributed by atoms with Gasteiger partial charge in [-0.05, 0) is 49.7 Å². The number of benzene rings is 1. The minimum atomic E-state index is -4.55. The second-order valence-electron chi connectivity index (χ2n) is 7.32.